The van der Waals surface area contributed by atoms with Crippen molar-refractivity contribution in [2.24, 2.45) is 0 Å². The Hall–Kier alpha value is -4.24. The topological polar surface area (TPSA) is 20.2 Å². The lowest BCUT2D eigenvalue weighted by Crippen LogP contribution is -2.50. The lowest BCUT2D eigenvalue weighted by atomic mass is 9.89. The van der Waals surface area contributed by atoms with E-state index in [0.717, 1.165) is 49.0 Å². The molecular weight excluding hydrogens is 452 g/mol. The average Bonchev–Trinajstić information content (AvgIpc) is 3.25. The molecule has 0 spiro atoms. The van der Waals surface area contributed by atoms with E-state index in [2.05, 4.69) is 109 Å². The first-order valence-electron chi connectivity index (χ1n) is 12.3. The summed E-state index contributed by atoms with van der Waals surface area (Å²) in [6.07, 6.45) is 0. The summed E-state index contributed by atoms with van der Waals surface area (Å²) in [6, 6.07) is 52.2. The number of rotatable bonds is 5. The second-order valence-corrected chi connectivity index (χ2v) is 12.0. The molecule has 1 nitrogen and oxygen atoms in total. The molecule has 2 heteroatoms. The van der Waals surface area contributed by atoms with Crippen molar-refractivity contribution < 1.29 is 4.80 Å². The maximum Gasteiger partial charge on any atom is 0.288 e. The third-order valence-electron chi connectivity index (χ3n) is 6.92. The molecule has 0 saturated carbocycles. The fraction of sp³-hybridized carbons (Fsp3) is 0. The van der Waals surface area contributed by atoms with Crippen LogP contribution in [0.5, 0.6) is 0 Å². The van der Waals surface area contributed by atoms with Gasteiger partial charge in [-0.15, -0.1) is 0 Å². The minimum Gasteiger partial charge on any atom is -0.421 e. The van der Waals surface area contributed by atoms with Crippen LogP contribution in [0.3, 0.4) is 0 Å². The van der Waals surface area contributed by atoms with Crippen LogP contribution in [0.15, 0.2) is 152 Å². The summed E-state index contributed by atoms with van der Waals surface area (Å²) in [5.41, 5.74) is 6.59. The Morgan fingerprint density at radius 1 is 0.333 bits per heavy atom. The molecule has 0 saturated heterocycles. The largest absolute Gasteiger partial charge is 0.421 e. The number of benzene rings is 5. The van der Waals surface area contributed by atoms with Gasteiger partial charge < -0.3 is 4.80 Å². The summed E-state index contributed by atoms with van der Waals surface area (Å²) in [5.74, 6) is 0. The van der Waals surface area contributed by atoms with E-state index in [1.807, 2.05) is 42.5 Å². The van der Waals surface area contributed by atoms with Gasteiger partial charge in [-0.3, -0.25) is 0 Å². The van der Waals surface area contributed by atoms with E-state index in [9.17, 15) is 4.80 Å². The highest BCUT2D eigenvalue weighted by Crippen LogP contribution is 2.54. The molecule has 0 fully saturated rings. The molecule has 1 heterocycles. The first-order valence-corrected chi connectivity index (χ1v) is 14.2. The Labute approximate surface area is 213 Å². The number of hydrogen-bond donors (Lipinski definition) is 1. The monoisotopic (exact) mass is 478 g/mol. The predicted octanol–water partition coefficient (Wildman–Crippen LogP) is 7.15. The molecule has 0 radical (unpaired) electrons. The normalized spacial score (nSPS) is 14.8. The fourth-order valence-corrected chi connectivity index (χ4v) is 9.34. The first kappa shape index (κ1) is 22.2. The van der Waals surface area contributed by atoms with Crippen molar-refractivity contribution in [2.75, 3.05) is 0 Å². The van der Waals surface area contributed by atoms with Crippen molar-refractivity contribution in [1.82, 2.24) is 0 Å². The summed E-state index contributed by atoms with van der Waals surface area (Å²) >= 11 is 0. The highest BCUT2D eigenvalue weighted by Gasteiger charge is 2.51. The maximum absolute atomic E-state index is 13.3. The molecule has 0 bridgehead atoms. The Balaban J connectivity index is 1.82. The van der Waals surface area contributed by atoms with Gasteiger partial charge >= 0.3 is 0 Å². The van der Waals surface area contributed by atoms with E-state index >= 15 is 0 Å². The molecular formula is C34H26OSi. The lowest BCUT2D eigenvalue weighted by molar-refractivity contribution is 0.586. The molecule has 0 unspecified atom stereocenters. The molecule has 0 aliphatic carbocycles. The maximum atomic E-state index is 13.3. The van der Waals surface area contributed by atoms with Crippen molar-refractivity contribution in [1.29, 1.82) is 0 Å². The van der Waals surface area contributed by atoms with E-state index < -0.39 is 8.32 Å². The Morgan fingerprint density at radius 3 is 0.944 bits per heavy atom. The summed E-state index contributed by atoms with van der Waals surface area (Å²) in [4.78, 5) is 13.3. The van der Waals surface area contributed by atoms with E-state index in [0.29, 0.717) is 0 Å². The van der Waals surface area contributed by atoms with Gasteiger partial charge in [0.05, 0.1) is 0 Å². The summed E-state index contributed by atoms with van der Waals surface area (Å²) < 4.78 is 0. The molecule has 172 valence electrons. The molecule has 1 aliphatic heterocycles. The van der Waals surface area contributed by atoms with Crippen LogP contribution >= 0.6 is 0 Å². The minimum absolute atomic E-state index is 0.988. The van der Waals surface area contributed by atoms with Crippen LogP contribution in [-0.4, -0.2) is 13.1 Å². The van der Waals surface area contributed by atoms with Crippen LogP contribution < -0.4 is 5.19 Å². The van der Waals surface area contributed by atoms with Crippen LogP contribution in [0.2, 0.25) is 0 Å². The third-order valence-corrected chi connectivity index (χ3v) is 10.6. The van der Waals surface area contributed by atoms with E-state index in [-0.39, 0.29) is 0 Å². The van der Waals surface area contributed by atoms with E-state index in [1.165, 1.54) is 0 Å². The predicted molar refractivity (Wildman–Crippen MR) is 153 cm³/mol. The van der Waals surface area contributed by atoms with Gasteiger partial charge in [-0.2, -0.15) is 0 Å². The van der Waals surface area contributed by atoms with Gasteiger partial charge in [0.25, 0.3) is 8.32 Å². The first-order chi connectivity index (χ1) is 17.8. The number of allylic oxidation sites excluding steroid dienone is 2. The van der Waals surface area contributed by atoms with Crippen LogP contribution in [-0.2, 0) is 0 Å². The molecule has 5 aromatic rings. The second kappa shape index (κ2) is 9.42. The van der Waals surface area contributed by atoms with Crippen LogP contribution in [0.1, 0.15) is 22.3 Å². The quantitative estimate of drug-likeness (QED) is 0.266. The molecule has 1 N–H and O–H groups in total. The molecule has 5 aromatic carbocycles. The number of hydrogen-bond acceptors (Lipinski definition) is 1. The molecule has 36 heavy (non-hydrogen) atoms. The van der Waals surface area contributed by atoms with Crippen LogP contribution in [0.4, 0.5) is 0 Å². The Morgan fingerprint density at radius 2 is 0.611 bits per heavy atom. The standard InChI is InChI=1S/C34H26OSi/c35-36(30-24-14-5-15-25-30)33(28-20-10-3-11-21-28)31(26-16-6-1-7-17-26)32(27-18-8-2-9-19-27)34(36)29-22-12-4-13-23-29/h1-25,35H. The Kier molecular flexibility index (Phi) is 5.82. The molecule has 0 amide bonds. The van der Waals surface area contributed by atoms with Crippen molar-refractivity contribution in [3.8, 4) is 0 Å². The zero-order valence-corrected chi connectivity index (χ0v) is 20.9. The lowest BCUT2D eigenvalue weighted by Gasteiger charge is -2.29. The highest BCUT2D eigenvalue weighted by atomic mass is 28.4. The molecule has 1 aliphatic rings. The summed E-state index contributed by atoms with van der Waals surface area (Å²) in [5, 5.41) is 3.07. The van der Waals surface area contributed by atoms with Gasteiger partial charge in [-0.05, 0) is 49.0 Å². The zero-order chi connectivity index (χ0) is 24.4. The zero-order valence-electron chi connectivity index (χ0n) is 19.9. The van der Waals surface area contributed by atoms with Gasteiger partial charge in [-0.1, -0.05) is 152 Å². The van der Waals surface area contributed by atoms with Gasteiger partial charge in [0.2, 0.25) is 0 Å². The van der Waals surface area contributed by atoms with Crippen molar-refractivity contribution >= 4 is 35.0 Å². The summed E-state index contributed by atoms with van der Waals surface area (Å²) in [6.45, 7) is 0. The fourth-order valence-electron chi connectivity index (χ4n) is 5.41. The van der Waals surface area contributed by atoms with Gasteiger partial charge in [0.15, 0.2) is 0 Å². The van der Waals surface area contributed by atoms with Gasteiger partial charge in [0, 0.05) is 0 Å². The third kappa shape index (κ3) is 3.68. The average molecular weight is 479 g/mol. The van der Waals surface area contributed by atoms with E-state index in [4.69, 9.17) is 0 Å². The smallest absolute Gasteiger partial charge is 0.288 e. The SMILES string of the molecule is O[Si]1(c2ccccc2)C(c2ccccc2)=C(c2ccccc2)C(c2ccccc2)=C1c1ccccc1. The van der Waals surface area contributed by atoms with Gasteiger partial charge in [-0.25, -0.2) is 0 Å². The Bertz CT molecular complexity index is 1440. The molecule has 0 aromatic heterocycles. The van der Waals surface area contributed by atoms with Crippen molar-refractivity contribution in [2.45, 2.75) is 0 Å². The summed E-state index contributed by atoms with van der Waals surface area (Å²) in [7, 11) is -3.44. The van der Waals surface area contributed by atoms with E-state index in [1.54, 1.807) is 0 Å². The van der Waals surface area contributed by atoms with Crippen molar-refractivity contribution in [3.05, 3.63) is 174 Å². The van der Waals surface area contributed by atoms with Crippen LogP contribution in [0.25, 0.3) is 21.5 Å². The van der Waals surface area contributed by atoms with Crippen LogP contribution in [0, 0.1) is 0 Å². The van der Waals surface area contributed by atoms with Crippen molar-refractivity contribution in [3.63, 3.8) is 0 Å². The second-order valence-electron chi connectivity index (χ2n) is 9.04. The molecule has 6 rings (SSSR count). The molecule has 0 atom stereocenters. The highest BCUT2D eigenvalue weighted by molar-refractivity contribution is 7.17. The minimum atomic E-state index is -3.44. The van der Waals surface area contributed by atoms with Gasteiger partial charge in [0.1, 0.15) is 0 Å².